The molecule has 0 heterocycles. The molecule has 0 aromatic heterocycles. The molecule has 0 unspecified atom stereocenters. The summed E-state index contributed by atoms with van der Waals surface area (Å²) < 4.78 is 49.0. The standard InChI is InChI=1S/C10H10F4N2O/c1-5-2-6(15)3-7(8(5)11)9(17)16-4-10(12,13)14/h2-3H,4,15H2,1H3,(H,16,17). The number of amides is 1. The third-order valence-electron chi connectivity index (χ3n) is 1.97. The van der Waals surface area contributed by atoms with Gasteiger partial charge in [0.15, 0.2) is 0 Å². The average Bonchev–Trinajstić information content (AvgIpc) is 2.19. The maximum absolute atomic E-state index is 13.5. The van der Waals surface area contributed by atoms with E-state index >= 15 is 0 Å². The number of hydrogen-bond donors (Lipinski definition) is 2. The summed E-state index contributed by atoms with van der Waals surface area (Å²) in [6.07, 6.45) is -4.54. The number of benzene rings is 1. The Labute approximate surface area is 94.6 Å². The fourth-order valence-electron chi connectivity index (χ4n) is 1.24. The van der Waals surface area contributed by atoms with Crippen LogP contribution in [-0.2, 0) is 0 Å². The molecule has 0 fully saturated rings. The fourth-order valence-corrected chi connectivity index (χ4v) is 1.24. The molecule has 0 atom stereocenters. The molecule has 94 valence electrons. The van der Waals surface area contributed by atoms with E-state index in [-0.39, 0.29) is 11.3 Å². The van der Waals surface area contributed by atoms with Gasteiger partial charge in [-0.2, -0.15) is 13.2 Å². The van der Waals surface area contributed by atoms with Crippen molar-refractivity contribution in [3.63, 3.8) is 0 Å². The van der Waals surface area contributed by atoms with E-state index in [0.29, 0.717) is 0 Å². The number of nitrogen functional groups attached to an aromatic ring is 1. The van der Waals surface area contributed by atoms with Crippen LogP contribution in [0.4, 0.5) is 23.2 Å². The van der Waals surface area contributed by atoms with Crippen LogP contribution < -0.4 is 11.1 Å². The lowest BCUT2D eigenvalue weighted by molar-refractivity contribution is -0.123. The summed E-state index contributed by atoms with van der Waals surface area (Å²) in [5, 5.41) is 1.57. The van der Waals surface area contributed by atoms with Crippen LogP contribution in [0.15, 0.2) is 12.1 Å². The number of aryl methyl sites for hydroxylation is 1. The second kappa shape index (κ2) is 4.60. The molecule has 3 nitrogen and oxygen atoms in total. The zero-order chi connectivity index (χ0) is 13.2. The SMILES string of the molecule is Cc1cc(N)cc(C(=O)NCC(F)(F)F)c1F. The molecule has 0 saturated carbocycles. The molecular weight excluding hydrogens is 240 g/mol. The Morgan fingerprint density at radius 2 is 2.00 bits per heavy atom. The van der Waals surface area contributed by atoms with Crippen LogP contribution >= 0.6 is 0 Å². The lowest BCUT2D eigenvalue weighted by Crippen LogP contribution is -2.34. The first kappa shape index (κ1) is 13.3. The van der Waals surface area contributed by atoms with E-state index < -0.39 is 30.0 Å². The van der Waals surface area contributed by atoms with Crippen molar-refractivity contribution in [2.75, 3.05) is 12.3 Å². The van der Waals surface area contributed by atoms with Crippen molar-refractivity contribution in [3.8, 4) is 0 Å². The highest BCUT2D eigenvalue weighted by molar-refractivity contribution is 5.95. The van der Waals surface area contributed by atoms with Crippen molar-refractivity contribution in [3.05, 3.63) is 29.1 Å². The zero-order valence-corrected chi connectivity index (χ0v) is 8.86. The van der Waals surface area contributed by atoms with E-state index in [0.717, 1.165) is 6.07 Å². The Hall–Kier alpha value is -1.79. The Balaban J connectivity index is 2.90. The van der Waals surface area contributed by atoms with Gasteiger partial charge >= 0.3 is 6.18 Å². The fraction of sp³-hybridized carbons (Fsp3) is 0.300. The number of carbonyl (C=O) groups excluding carboxylic acids is 1. The molecule has 0 aliphatic rings. The Kier molecular flexibility index (Phi) is 3.59. The summed E-state index contributed by atoms with van der Waals surface area (Å²) in [5.74, 6) is -2.02. The van der Waals surface area contributed by atoms with Crippen molar-refractivity contribution in [2.24, 2.45) is 0 Å². The summed E-state index contributed by atoms with van der Waals surface area (Å²) in [7, 11) is 0. The largest absolute Gasteiger partial charge is 0.405 e. The van der Waals surface area contributed by atoms with Gasteiger partial charge in [-0.05, 0) is 24.6 Å². The molecule has 1 aromatic rings. The van der Waals surface area contributed by atoms with E-state index in [2.05, 4.69) is 0 Å². The van der Waals surface area contributed by atoms with Gasteiger partial charge in [0.25, 0.3) is 5.91 Å². The van der Waals surface area contributed by atoms with E-state index in [9.17, 15) is 22.4 Å². The predicted molar refractivity (Wildman–Crippen MR) is 53.9 cm³/mol. The molecule has 0 aliphatic carbocycles. The quantitative estimate of drug-likeness (QED) is 0.623. The number of halogens is 4. The number of hydrogen-bond acceptors (Lipinski definition) is 2. The van der Waals surface area contributed by atoms with Crippen molar-refractivity contribution in [1.82, 2.24) is 5.32 Å². The summed E-state index contributed by atoms with van der Waals surface area (Å²) in [4.78, 5) is 11.3. The number of carbonyl (C=O) groups is 1. The van der Waals surface area contributed by atoms with E-state index in [1.54, 1.807) is 5.32 Å². The lowest BCUT2D eigenvalue weighted by Gasteiger charge is -2.10. The highest BCUT2D eigenvalue weighted by Gasteiger charge is 2.28. The Morgan fingerprint density at radius 3 is 2.53 bits per heavy atom. The van der Waals surface area contributed by atoms with Crippen LogP contribution in [0, 0.1) is 12.7 Å². The second-order valence-corrected chi connectivity index (χ2v) is 3.50. The van der Waals surface area contributed by atoms with Crippen molar-refractivity contribution in [2.45, 2.75) is 13.1 Å². The zero-order valence-electron chi connectivity index (χ0n) is 8.86. The topological polar surface area (TPSA) is 55.1 Å². The van der Waals surface area contributed by atoms with Crippen LogP contribution in [0.2, 0.25) is 0 Å². The summed E-state index contributed by atoms with van der Waals surface area (Å²) in [5.41, 5.74) is 5.10. The average molecular weight is 250 g/mol. The van der Waals surface area contributed by atoms with Crippen molar-refractivity contribution >= 4 is 11.6 Å². The number of nitrogens with two attached hydrogens (primary N) is 1. The Morgan fingerprint density at radius 1 is 1.41 bits per heavy atom. The van der Waals surface area contributed by atoms with Crippen LogP contribution in [0.5, 0.6) is 0 Å². The maximum atomic E-state index is 13.5. The van der Waals surface area contributed by atoms with Gasteiger partial charge in [-0.15, -0.1) is 0 Å². The van der Waals surface area contributed by atoms with Crippen LogP contribution in [0.25, 0.3) is 0 Å². The summed E-state index contributed by atoms with van der Waals surface area (Å²) in [6.45, 7) is -0.147. The van der Waals surface area contributed by atoms with Gasteiger partial charge in [-0.1, -0.05) is 0 Å². The summed E-state index contributed by atoms with van der Waals surface area (Å²) in [6, 6.07) is 2.28. The first-order chi connectivity index (χ1) is 7.70. The van der Waals surface area contributed by atoms with Crippen molar-refractivity contribution in [1.29, 1.82) is 0 Å². The number of alkyl halides is 3. The molecule has 0 bridgehead atoms. The number of nitrogens with one attached hydrogen (secondary N) is 1. The predicted octanol–water partition coefficient (Wildman–Crippen LogP) is 2.01. The highest BCUT2D eigenvalue weighted by Crippen LogP contribution is 2.18. The minimum atomic E-state index is -4.54. The summed E-state index contributed by atoms with van der Waals surface area (Å²) >= 11 is 0. The smallest absolute Gasteiger partial charge is 0.399 e. The normalized spacial score (nSPS) is 11.4. The lowest BCUT2D eigenvalue weighted by atomic mass is 10.1. The molecule has 1 rings (SSSR count). The second-order valence-electron chi connectivity index (χ2n) is 3.50. The van der Waals surface area contributed by atoms with Crippen LogP contribution in [-0.4, -0.2) is 18.6 Å². The molecule has 0 saturated heterocycles. The van der Waals surface area contributed by atoms with Gasteiger partial charge in [0.05, 0.1) is 5.56 Å². The van der Waals surface area contributed by atoms with E-state index in [4.69, 9.17) is 5.73 Å². The number of rotatable bonds is 2. The van der Waals surface area contributed by atoms with Gasteiger partial charge in [-0.25, -0.2) is 4.39 Å². The van der Waals surface area contributed by atoms with Crippen LogP contribution in [0.1, 0.15) is 15.9 Å². The molecule has 3 N–H and O–H groups in total. The third kappa shape index (κ3) is 3.61. The van der Waals surface area contributed by atoms with Gasteiger partial charge < -0.3 is 11.1 Å². The van der Waals surface area contributed by atoms with E-state index in [1.165, 1.54) is 13.0 Å². The number of anilines is 1. The first-order valence-corrected chi connectivity index (χ1v) is 4.61. The molecule has 7 heteroatoms. The molecule has 17 heavy (non-hydrogen) atoms. The molecular formula is C10H10F4N2O. The molecule has 1 amide bonds. The van der Waals surface area contributed by atoms with Gasteiger partial charge in [0.2, 0.25) is 0 Å². The monoisotopic (exact) mass is 250 g/mol. The first-order valence-electron chi connectivity index (χ1n) is 4.61. The highest BCUT2D eigenvalue weighted by atomic mass is 19.4. The van der Waals surface area contributed by atoms with E-state index in [1.807, 2.05) is 0 Å². The molecule has 1 aromatic carbocycles. The minimum Gasteiger partial charge on any atom is -0.399 e. The maximum Gasteiger partial charge on any atom is 0.405 e. The molecule has 0 radical (unpaired) electrons. The van der Waals surface area contributed by atoms with Gasteiger partial charge in [0, 0.05) is 5.69 Å². The van der Waals surface area contributed by atoms with Gasteiger partial charge in [0.1, 0.15) is 12.4 Å². The minimum absolute atomic E-state index is 0.0992. The third-order valence-corrected chi connectivity index (χ3v) is 1.97. The van der Waals surface area contributed by atoms with Gasteiger partial charge in [-0.3, -0.25) is 4.79 Å². The molecule has 0 spiro atoms. The van der Waals surface area contributed by atoms with Crippen molar-refractivity contribution < 1.29 is 22.4 Å². The van der Waals surface area contributed by atoms with Crippen LogP contribution in [0.3, 0.4) is 0 Å². The Bertz CT molecular complexity index is 443. The molecule has 0 aliphatic heterocycles.